The van der Waals surface area contributed by atoms with E-state index in [-0.39, 0.29) is 47.5 Å². The van der Waals surface area contributed by atoms with E-state index in [1.54, 1.807) is 12.1 Å². The molecule has 3 heteroatoms. The van der Waals surface area contributed by atoms with Crippen molar-refractivity contribution in [2.75, 3.05) is 0 Å². The number of hydrogen-bond acceptors (Lipinski definition) is 2. The molecule has 0 fully saturated rings. The Bertz CT molecular complexity index is 328. The Kier molecular flexibility index (Phi) is 5.93. The number of rotatable bonds is 3. The van der Waals surface area contributed by atoms with Crippen LogP contribution in [-0.4, -0.2) is 11.6 Å². The Hall–Kier alpha value is -0.440. The van der Waals surface area contributed by atoms with Gasteiger partial charge in [0, 0.05) is 5.56 Å². The summed E-state index contributed by atoms with van der Waals surface area (Å²) in [5, 5.41) is 0. The zero-order valence-corrected chi connectivity index (χ0v) is 10.8. The van der Waals surface area contributed by atoms with Gasteiger partial charge in [-0.25, -0.2) is 0 Å². The van der Waals surface area contributed by atoms with Crippen LogP contribution in [0.4, 0.5) is 0 Å². The first-order valence-corrected chi connectivity index (χ1v) is 4.19. The molecule has 0 heterocycles. The molecule has 0 aromatic heterocycles. The molecule has 68 valence electrons. The number of Topliss-reactive ketones (excluding diaryl/α,β-unsaturated/α-hetero) is 2. The van der Waals surface area contributed by atoms with Crippen molar-refractivity contribution >= 4 is 11.6 Å². The molecule has 2 nitrogen and oxygen atoms in total. The topological polar surface area (TPSA) is 34.1 Å². The van der Waals surface area contributed by atoms with E-state index in [0.717, 1.165) is 5.56 Å². The van der Waals surface area contributed by atoms with Crippen LogP contribution >= 0.6 is 0 Å². The van der Waals surface area contributed by atoms with E-state index in [4.69, 9.17) is 0 Å². The van der Waals surface area contributed by atoms with Crippen molar-refractivity contribution in [3.63, 3.8) is 0 Å². The van der Waals surface area contributed by atoms with Crippen LogP contribution in [0.5, 0.6) is 0 Å². The third-order valence-electron chi connectivity index (χ3n) is 1.78. The summed E-state index contributed by atoms with van der Waals surface area (Å²) < 4.78 is 0. The molecule has 0 aliphatic rings. The molecule has 0 atom stereocenters. The zero-order valence-electron chi connectivity index (χ0n) is 8.83. The van der Waals surface area contributed by atoms with Crippen molar-refractivity contribution in [2.45, 2.75) is 20.3 Å². The van der Waals surface area contributed by atoms with Gasteiger partial charge in [-0.05, 0) is 13.8 Å². The number of carbonyl (C=O) groups is 2. The van der Waals surface area contributed by atoms with Crippen LogP contribution in [0.1, 0.15) is 29.3 Å². The van der Waals surface area contributed by atoms with E-state index in [0.29, 0.717) is 5.56 Å². The van der Waals surface area contributed by atoms with Crippen LogP contribution in [0.3, 0.4) is 0 Å². The maximum absolute atomic E-state index is 11.3. The molecule has 0 N–H and O–H groups in total. The molecule has 1 aromatic carbocycles. The molecular weight excluding hydrogens is 187 g/mol. The van der Waals surface area contributed by atoms with E-state index in [1.165, 1.54) is 6.92 Å². The first-order chi connectivity index (χ1) is 6.09. The summed E-state index contributed by atoms with van der Waals surface area (Å²) in [6, 6.07) is 7.24. The standard InChI is InChI=1S/C11H12O2.Na/c1-8-3-5-10(6-4-8)11(13)7-9(2)12;/h3-6H,7H2,1-2H3;/q;+1. The maximum atomic E-state index is 11.3. The molecule has 0 bridgehead atoms. The molecule has 0 aliphatic heterocycles. The van der Waals surface area contributed by atoms with Crippen LogP contribution in [-0.2, 0) is 4.79 Å². The monoisotopic (exact) mass is 199 g/mol. The number of ketones is 2. The average Bonchev–Trinajstić information content (AvgIpc) is 2.04. The number of hydrogen-bond donors (Lipinski definition) is 0. The summed E-state index contributed by atoms with van der Waals surface area (Å²) in [4.78, 5) is 22.0. The van der Waals surface area contributed by atoms with Gasteiger partial charge in [-0.3, -0.25) is 9.59 Å². The van der Waals surface area contributed by atoms with E-state index >= 15 is 0 Å². The maximum Gasteiger partial charge on any atom is 1.00 e. The average molecular weight is 199 g/mol. The van der Waals surface area contributed by atoms with Gasteiger partial charge in [0.15, 0.2) is 5.78 Å². The van der Waals surface area contributed by atoms with Crippen molar-refractivity contribution in [1.82, 2.24) is 0 Å². The third kappa shape index (κ3) is 4.18. The van der Waals surface area contributed by atoms with Gasteiger partial charge >= 0.3 is 29.6 Å². The molecule has 0 aliphatic carbocycles. The Labute approximate surface area is 106 Å². The summed E-state index contributed by atoms with van der Waals surface area (Å²) in [6.45, 7) is 3.38. The van der Waals surface area contributed by atoms with Crippen LogP contribution in [0.15, 0.2) is 24.3 Å². The Morgan fingerprint density at radius 3 is 2.07 bits per heavy atom. The van der Waals surface area contributed by atoms with Crippen molar-refractivity contribution in [2.24, 2.45) is 0 Å². The zero-order chi connectivity index (χ0) is 9.84. The fraction of sp³-hybridized carbons (Fsp3) is 0.273. The SMILES string of the molecule is CC(=O)CC(=O)c1ccc(C)cc1.[Na+]. The molecular formula is C11H12NaO2+. The quantitative estimate of drug-likeness (QED) is 0.361. The minimum absolute atomic E-state index is 0. The van der Waals surface area contributed by atoms with Crippen LogP contribution in [0.2, 0.25) is 0 Å². The largest absolute Gasteiger partial charge is 1.00 e. The summed E-state index contributed by atoms with van der Waals surface area (Å²) >= 11 is 0. The Morgan fingerprint density at radius 1 is 1.14 bits per heavy atom. The van der Waals surface area contributed by atoms with E-state index in [1.807, 2.05) is 19.1 Å². The molecule has 0 unspecified atom stereocenters. The number of aryl methyl sites for hydroxylation is 1. The fourth-order valence-electron chi connectivity index (χ4n) is 1.07. The summed E-state index contributed by atoms with van der Waals surface area (Å²) in [6.07, 6.45) is 0.00304. The predicted octanol–water partition coefficient (Wildman–Crippen LogP) is -0.839. The second-order valence-electron chi connectivity index (χ2n) is 3.17. The van der Waals surface area contributed by atoms with E-state index in [2.05, 4.69) is 0 Å². The molecule has 14 heavy (non-hydrogen) atoms. The van der Waals surface area contributed by atoms with Gasteiger partial charge in [-0.2, -0.15) is 0 Å². The van der Waals surface area contributed by atoms with Gasteiger partial charge in [0.05, 0.1) is 6.42 Å². The Morgan fingerprint density at radius 2 is 1.64 bits per heavy atom. The second kappa shape index (κ2) is 6.12. The van der Waals surface area contributed by atoms with E-state index in [9.17, 15) is 9.59 Å². The van der Waals surface area contributed by atoms with E-state index < -0.39 is 0 Å². The van der Waals surface area contributed by atoms with Gasteiger partial charge in [-0.1, -0.05) is 29.8 Å². The Balaban J connectivity index is 0.00000169. The van der Waals surface area contributed by atoms with Gasteiger partial charge in [-0.15, -0.1) is 0 Å². The normalized spacial score (nSPS) is 9.00. The van der Waals surface area contributed by atoms with Gasteiger partial charge in [0.1, 0.15) is 5.78 Å². The van der Waals surface area contributed by atoms with Crippen LogP contribution in [0, 0.1) is 6.92 Å². The smallest absolute Gasteiger partial charge is 0.300 e. The molecule has 0 spiro atoms. The number of carbonyl (C=O) groups excluding carboxylic acids is 2. The first kappa shape index (κ1) is 13.6. The number of benzene rings is 1. The molecule has 1 rings (SSSR count). The fourth-order valence-corrected chi connectivity index (χ4v) is 1.07. The summed E-state index contributed by atoms with van der Waals surface area (Å²) in [5.41, 5.74) is 1.72. The van der Waals surface area contributed by atoms with Gasteiger partial charge in [0.2, 0.25) is 0 Å². The summed E-state index contributed by atoms with van der Waals surface area (Å²) in [7, 11) is 0. The minimum atomic E-state index is -0.104. The van der Waals surface area contributed by atoms with Crippen LogP contribution < -0.4 is 29.6 Å². The van der Waals surface area contributed by atoms with Crippen molar-refractivity contribution in [3.05, 3.63) is 35.4 Å². The second-order valence-corrected chi connectivity index (χ2v) is 3.17. The molecule has 0 saturated heterocycles. The molecule has 1 aromatic rings. The molecule has 0 radical (unpaired) electrons. The van der Waals surface area contributed by atoms with Crippen molar-refractivity contribution < 1.29 is 39.1 Å². The van der Waals surface area contributed by atoms with Crippen molar-refractivity contribution in [3.8, 4) is 0 Å². The molecule has 0 saturated carbocycles. The van der Waals surface area contributed by atoms with Crippen LogP contribution in [0.25, 0.3) is 0 Å². The molecule has 0 amide bonds. The summed E-state index contributed by atoms with van der Waals surface area (Å²) in [5.74, 6) is -0.196. The van der Waals surface area contributed by atoms with Gasteiger partial charge in [0.25, 0.3) is 0 Å². The van der Waals surface area contributed by atoms with Gasteiger partial charge < -0.3 is 0 Å². The third-order valence-corrected chi connectivity index (χ3v) is 1.78. The first-order valence-electron chi connectivity index (χ1n) is 4.19. The van der Waals surface area contributed by atoms with Crippen molar-refractivity contribution in [1.29, 1.82) is 0 Å². The minimum Gasteiger partial charge on any atom is -0.300 e. The predicted molar refractivity (Wildman–Crippen MR) is 50.8 cm³/mol.